The summed E-state index contributed by atoms with van der Waals surface area (Å²) in [6.45, 7) is -0.705. The van der Waals surface area contributed by atoms with Crippen molar-refractivity contribution in [3.8, 4) is 0 Å². The second kappa shape index (κ2) is 9.81. The average Bonchev–Trinajstić information content (AvgIpc) is 2.35. The van der Waals surface area contributed by atoms with Gasteiger partial charge in [0.15, 0.2) is 0 Å². The topological polar surface area (TPSA) is 178 Å². The van der Waals surface area contributed by atoms with Crippen LogP contribution in [-0.2, 0) is 14.4 Å². The minimum Gasteiger partial charge on any atom is -0.476 e. The first-order valence-corrected chi connectivity index (χ1v) is 4.35. The number of aldehydes is 2. The van der Waals surface area contributed by atoms with Crippen LogP contribution in [0.2, 0.25) is 0 Å². The molecule has 0 saturated carbocycles. The van der Waals surface area contributed by atoms with Crippen LogP contribution in [0.4, 0.5) is 0 Å². The summed E-state index contributed by atoms with van der Waals surface area (Å²) in [5.74, 6) is -1.43. The number of rotatable bonds is 6. The number of aliphatic hydroxyl groups excluding tert-OH is 4. The molecule has 0 aromatic carbocycles. The monoisotopic (exact) mass is 253 g/mol. The molecule has 0 rings (SSSR count). The van der Waals surface area contributed by atoms with E-state index in [1.807, 2.05) is 0 Å². The number of carboxylic acids is 1. The first-order valence-electron chi connectivity index (χ1n) is 4.35. The summed E-state index contributed by atoms with van der Waals surface area (Å²) in [5.41, 5.74) is 5.04. The van der Waals surface area contributed by atoms with Crippen molar-refractivity contribution >= 4 is 18.5 Å². The smallest absolute Gasteiger partial charge is 0.368 e. The molecule has 0 bridgehead atoms. The van der Waals surface area contributed by atoms with Gasteiger partial charge in [-0.25, -0.2) is 4.79 Å². The quantitative estimate of drug-likeness (QED) is 0.202. The molecule has 0 aromatic rings. The molecule has 0 fully saturated rings. The third-order valence-electron chi connectivity index (χ3n) is 1.58. The minimum atomic E-state index is -1.62. The summed E-state index contributed by atoms with van der Waals surface area (Å²) in [6.07, 6.45) is -4.59. The van der Waals surface area contributed by atoms with Crippen LogP contribution in [0.1, 0.15) is 0 Å². The number of nitrogens with two attached hydrogens (primary N) is 1. The largest absolute Gasteiger partial charge is 0.476 e. The number of hydrogen-bond acceptors (Lipinski definition) is 8. The maximum atomic E-state index is 10.0. The van der Waals surface area contributed by atoms with Crippen molar-refractivity contribution in [2.75, 3.05) is 6.61 Å². The lowest BCUT2D eigenvalue weighted by molar-refractivity contribution is -0.143. The van der Waals surface area contributed by atoms with Crippen LogP contribution in [0, 0.1) is 0 Å². The maximum Gasteiger partial charge on any atom is 0.368 e. The van der Waals surface area contributed by atoms with E-state index in [0.717, 1.165) is 0 Å². The Kier molecular flexibility index (Phi) is 10.4. The highest BCUT2D eigenvalue weighted by molar-refractivity contribution is 6.19. The summed E-state index contributed by atoms with van der Waals surface area (Å²) in [6, 6.07) is -1.26. The van der Waals surface area contributed by atoms with Crippen molar-refractivity contribution in [1.29, 1.82) is 0 Å². The van der Waals surface area contributed by atoms with Gasteiger partial charge < -0.3 is 36.1 Å². The van der Waals surface area contributed by atoms with Crippen molar-refractivity contribution in [3.63, 3.8) is 0 Å². The van der Waals surface area contributed by atoms with Gasteiger partial charge in [-0.15, -0.1) is 0 Å². The van der Waals surface area contributed by atoms with Crippen LogP contribution in [0.25, 0.3) is 0 Å². The lowest BCUT2D eigenvalue weighted by Gasteiger charge is -2.23. The van der Waals surface area contributed by atoms with Crippen LogP contribution in [-0.4, -0.2) is 75.0 Å². The molecule has 0 amide bonds. The van der Waals surface area contributed by atoms with Gasteiger partial charge in [0.1, 0.15) is 24.6 Å². The highest BCUT2D eigenvalue weighted by Gasteiger charge is 2.28. The molecule has 0 heterocycles. The van der Waals surface area contributed by atoms with Crippen molar-refractivity contribution in [2.45, 2.75) is 24.4 Å². The Balaban J connectivity index is 0. The second-order valence-electron chi connectivity index (χ2n) is 2.90. The van der Waals surface area contributed by atoms with E-state index >= 15 is 0 Å². The molecule has 9 heteroatoms. The van der Waals surface area contributed by atoms with Gasteiger partial charge in [-0.2, -0.15) is 0 Å². The molecule has 0 saturated heterocycles. The van der Waals surface area contributed by atoms with E-state index in [-0.39, 0.29) is 12.6 Å². The standard InChI is InChI=1S/C6H13NO5.C2H2O3/c7-3(1-8)5(11)6(12)4(10)2-9;3-1-2(4)5/h1,3-6,9-12H,2,7H2;1H,(H,4,5)/t3-,4+,5+,6+;/m0./s1. The number of carboxylic acid groups (broad SMARTS) is 1. The summed E-state index contributed by atoms with van der Waals surface area (Å²) in [4.78, 5) is 27.9. The lowest BCUT2D eigenvalue weighted by atomic mass is 10.0. The molecule has 0 aromatic heterocycles. The zero-order valence-electron chi connectivity index (χ0n) is 8.71. The SMILES string of the molecule is N[C@@H](C=O)[C@@H](O)[C@H](O)[C@H](O)CO.O=CC(=O)O. The molecule has 4 atom stereocenters. The number of carbonyl (C=O) groups excluding carboxylic acids is 2. The molecular weight excluding hydrogens is 238 g/mol. The highest BCUT2D eigenvalue weighted by Crippen LogP contribution is 2.01. The van der Waals surface area contributed by atoms with Crippen LogP contribution >= 0.6 is 0 Å². The Morgan fingerprint density at radius 1 is 1.18 bits per heavy atom. The summed E-state index contributed by atoms with van der Waals surface area (Å²) in [5, 5.41) is 42.5. The molecular formula is C8H15NO8. The van der Waals surface area contributed by atoms with E-state index in [1.165, 1.54) is 0 Å². The predicted molar refractivity (Wildman–Crippen MR) is 52.8 cm³/mol. The van der Waals surface area contributed by atoms with E-state index in [0.29, 0.717) is 0 Å². The predicted octanol–water partition coefficient (Wildman–Crippen LogP) is -4.14. The molecule has 7 N–H and O–H groups in total. The van der Waals surface area contributed by atoms with Crippen molar-refractivity contribution in [2.24, 2.45) is 5.73 Å². The van der Waals surface area contributed by atoms with E-state index in [9.17, 15) is 4.79 Å². The van der Waals surface area contributed by atoms with Gasteiger partial charge >= 0.3 is 5.97 Å². The maximum absolute atomic E-state index is 10.0. The third kappa shape index (κ3) is 8.42. The van der Waals surface area contributed by atoms with Crippen LogP contribution < -0.4 is 5.73 Å². The Morgan fingerprint density at radius 3 is 1.82 bits per heavy atom. The van der Waals surface area contributed by atoms with Gasteiger partial charge in [-0.1, -0.05) is 0 Å². The fourth-order valence-electron chi connectivity index (χ4n) is 0.644. The Bertz CT molecular complexity index is 246. The number of carbonyl (C=O) groups is 3. The van der Waals surface area contributed by atoms with Gasteiger partial charge in [-0.05, 0) is 0 Å². The second-order valence-corrected chi connectivity index (χ2v) is 2.90. The van der Waals surface area contributed by atoms with Gasteiger partial charge in [-0.3, -0.25) is 4.79 Å². The van der Waals surface area contributed by atoms with Gasteiger partial charge in [0.25, 0.3) is 0 Å². The minimum absolute atomic E-state index is 0.167. The Labute approximate surface area is 96.1 Å². The van der Waals surface area contributed by atoms with Crippen LogP contribution in [0.3, 0.4) is 0 Å². The molecule has 0 aliphatic carbocycles. The molecule has 17 heavy (non-hydrogen) atoms. The lowest BCUT2D eigenvalue weighted by Crippen LogP contribution is -2.49. The molecule has 0 aliphatic heterocycles. The van der Waals surface area contributed by atoms with Crippen molar-refractivity contribution in [3.05, 3.63) is 0 Å². The highest BCUT2D eigenvalue weighted by atomic mass is 16.4. The van der Waals surface area contributed by atoms with Gasteiger partial charge in [0.05, 0.1) is 12.6 Å². The van der Waals surface area contributed by atoms with E-state index in [4.69, 9.17) is 40.9 Å². The number of aliphatic carboxylic acids is 1. The van der Waals surface area contributed by atoms with Gasteiger partial charge in [0, 0.05) is 0 Å². The zero-order valence-corrected chi connectivity index (χ0v) is 8.71. The average molecular weight is 253 g/mol. The molecule has 0 unspecified atom stereocenters. The van der Waals surface area contributed by atoms with Gasteiger partial charge in [0.2, 0.25) is 6.29 Å². The Morgan fingerprint density at radius 2 is 1.59 bits per heavy atom. The van der Waals surface area contributed by atoms with Crippen molar-refractivity contribution < 1.29 is 39.9 Å². The van der Waals surface area contributed by atoms with Crippen LogP contribution in [0.15, 0.2) is 0 Å². The number of aliphatic hydroxyl groups is 4. The van der Waals surface area contributed by atoms with E-state index in [2.05, 4.69) is 0 Å². The zero-order chi connectivity index (χ0) is 14.0. The molecule has 9 nitrogen and oxygen atoms in total. The third-order valence-corrected chi connectivity index (χ3v) is 1.58. The van der Waals surface area contributed by atoms with E-state index in [1.54, 1.807) is 0 Å². The first kappa shape index (κ1) is 18.0. The fraction of sp³-hybridized carbons (Fsp3) is 0.625. The molecule has 0 spiro atoms. The summed E-state index contributed by atoms with van der Waals surface area (Å²) >= 11 is 0. The molecule has 100 valence electrons. The summed E-state index contributed by atoms with van der Waals surface area (Å²) in [7, 11) is 0. The first-order chi connectivity index (χ1) is 7.81. The van der Waals surface area contributed by atoms with Crippen LogP contribution in [0.5, 0.6) is 0 Å². The fourth-order valence-corrected chi connectivity index (χ4v) is 0.644. The summed E-state index contributed by atoms with van der Waals surface area (Å²) < 4.78 is 0. The number of hydrogen-bond donors (Lipinski definition) is 6. The Hall–Kier alpha value is -1.39. The normalized spacial score (nSPS) is 16.8. The molecule has 0 radical (unpaired) electrons. The molecule has 0 aliphatic rings. The van der Waals surface area contributed by atoms with Crippen molar-refractivity contribution in [1.82, 2.24) is 0 Å². The van der Waals surface area contributed by atoms with E-state index < -0.39 is 36.9 Å².